The molecular weight excluding hydrogens is 374 g/mol. The molecule has 1 amide bonds. The van der Waals surface area contributed by atoms with Gasteiger partial charge in [-0.25, -0.2) is 10.3 Å². The summed E-state index contributed by atoms with van der Waals surface area (Å²) in [5.74, 6) is -1.77. The molecule has 0 radical (unpaired) electrons. The van der Waals surface area contributed by atoms with E-state index in [4.69, 9.17) is 25.9 Å². The normalized spacial score (nSPS) is 15.1. The summed E-state index contributed by atoms with van der Waals surface area (Å²) < 4.78 is 9.96. The molecule has 1 aromatic rings. The lowest BCUT2D eigenvalue weighted by atomic mass is 9.89. The van der Waals surface area contributed by atoms with E-state index in [-0.39, 0.29) is 11.9 Å². The third-order valence-electron chi connectivity index (χ3n) is 4.33. The van der Waals surface area contributed by atoms with E-state index in [1.807, 2.05) is 0 Å². The molecule has 0 spiro atoms. The molecule has 1 fully saturated rings. The fraction of sp³-hybridized carbons (Fsp3) is 0.526. The summed E-state index contributed by atoms with van der Waals surface area (Å²) in [6, 6.07) is 6.18. The largest absolute Gasteiger partial charge is 0.428 e. The molecule has 0 atom stereocenters. The van der Waals surface area contributed by atoms with Crippen LogP contribution in [0.4, 0.5) is 0 Å². The van der Waals surface area contributed by atoms with Crippen LogP contribution in [-0.4, -0.2) is 30.2 Å². The Morgan fingerprint density at radius 1 is 1.07 bits per heavy atom. The Bertz CT molecular complexity index is 667. The van der Waals surface area contributed by atoms with Gasteiger partial charge in [0.15, 0.2) is 5.60 Å². The van der Waals surface area contributed by atoms with Gasteiger partial charge in [0.2, 0.25) is 6.79 Å². The molecule has 1 aliphatic rings. The molecule has 0 aromatic heterocycles. The molecule has 0 aliphatic heterocycles. The predicted molar refractivity (Wildman–Crippen MR) is 97.7 cm³/mol. The lowest BCUT2D eigenvalue weighted by molar-refractivity contribution is -0.189. The van der Waals surface area contributed by atoms with E-state index in [1.165, 1.54) is 26.0 Å². The van der Waals surface area contributed by atoms with Crippen LogP contribution < -0.4 is 5.48 Å². The molecule has 148 valence electrons. The van der Waals surface area contributed by atoms with Crippen molar-refractivity contribution in [3.63, 3.8) is 0 Å². The van der Waals surface area contributed by atoms with E-state index in [9.17, 15) is 14.4 Å². The van der Waals surface area contributed by atoms with Gasteiger partial charge in [-0.2, -0.15) is 0 Å². The molecule has 1 saturated carbocycles. The molecular formula is C19H24ClNO6. The van der Waals surface area contributed by atoms with Gasteiger partial charge >= 0.3 is 11.9 Å². The Labute approximate surface area is 163 Å². The first-order valence-corrected chi connectivity index (χ1v) is 9.25. The Kier molecular flexibility index (Phi) is 7.62. The van der Waals surface area contributed by atoms with Crippen LogP contribution >= 0.6 is 11.6 Å². The fourth-order valence-corrected chi connectivity index (χ4v) is 2.77. The number of carbonyl (C=O) groups is 3. The van der Waals surface area contributed by atoms with Crippen molar-refractivity contribution in [2.75, 3.05) is 6.79 Å². The molecule has 0 heterocycles. The quantitative estimate of drug-likeness (QED) is 0.430. The van der Waals surface area contributed by atoms with Crippen molar-refractivity contribution in [2.24, 2.45) is 5.92 Å². The third-order valence-corrected chi connectivity index (χ3v) is 4.58. The maximum Gasteiger partial charge on any atom is 0.343 e. The lowest BCUT2D eigenvalue weighted by Crippen LogP contribution is -2.43. The summed E-state index contributed by atoms with van der Waals surface area (Å²) in [5.41, 5.74) is 1.06. The van der Waals surface area contributed by atoms with Gasteiger partial charge < -0.3 is 9.47 Å². The van der Waals surface area contributed by atoms with E-state index in [1.54, 1.807) is 12.1 Å². The Morgan fingerprint density at radius 3 is 2.33 bits per heavy atom. The van der Waals surface area contributed by atoms with Gasteiger partial charge in [0, 0.05) is 10.6 Å². The number of hydrogen-bond acceptors (Lipinski definition) is 6. The topological polar surface area (TPSA) is 90.9 Å². The van der Waals surface area contributed by atoms with Crippen molar-refractivity contribution in [1.82, 2.24) is 5.48 Å². The number of hydrogen-bond donors (Lipinski definition) is 1. The van der Waals surface area contributed by atoms with Crippen LogP contribution in [0.2, 0.25) is 5.02 Å². The van der Waals surface area contributed by atoms with Gasteiger partial charge in [-0.05, 0) is 51.0 Å². The standard InChI is InChI=1S/C19H24ClNO6/c1-19(2,27-21-16(22)13-8-10-15(20)11-9-13)18(24)26-12-25-17(23)14-6-4-3-5-7-14/h8-11,14H,3-7,12H2,1-2H3,(H,21,22). The first kappa shape index (κ1) is 21.2. The van der Waals surface area contributed by atoms with Gasteiger partial charge in [-0.15, -0.1) is 0 Å². The van der Waals surface area contributed by atoms with Crippen molar-refractivity contribution in [3.05, 3.63) is 34.9 Å². The average molecular weight is 398 g/mol. The second-order valence-corrected chi connectivity index (χ2v) is 7.33. The second kappa shape index (κ2) is 9.71. The first-order chi connectivity index (χ1) is 12.8. The van der Waals surface area contributed by atoms with Gasteiger partial charge in [-0.1, -0.05) is 30.9 Å². The van der Waals surface area contributed by atoms with Crippen molar-refractivity contribution in [3.8, 4) is 0 Å². The van der Waals surface area contributed by atoms with E-state index in [2.05, 4.69) is 5.48 Å². The smallest absolute Gasteiger partial charge is 0.343 e. The number of esters is 2. The Morgan fingerprint density at radius 2 is 1.70 bits per heavy atom. The van der Waals surface area contributed by atoms with Crippen LogP contribution in [0.5, 0.6) is 0 Å². The molecule has 2 rings (SSSR count). The van der Waals surface area contributed by atoms with Crippen molar-refractivity contribution < 1.29 is 28.7 Å². The highest BCUT2D eigenvalue weighted by Gasteiger charge is 2.33. The number of ether oxygens (including phenoxy) is 2. The summed E-state index contributed by atoms with van der Waals surface area (Å²) in [6.07, 6.45) is 4.75. The lowest BCUT2D eigenvalue weighted by Gasteiger charge is -2.23. The van der Waals surface area contributed by atoms with E-state index < -0.39 is 24.3 Å². The zero-order chi connectivity index (χ0) is 19.9. The van der Waals surface area contributed by atoms with Gasteiger partial charge in [0.25, 0.3) is 5.91 Å². The van der Waals surface area contributed by atoms with Crippen LogP contribution in [0.25, 0.3) is 0 Å². The predicted octanol–water partition coefficient (Wildman–Crippen LogP) is 3.40. The zero-order valence-electron chi connectivity index (χ0n) is 15.5. The van der Waals surface area contributed by atoms with E-state index in [0.29, 0.717) is 10.6 Å². The van der Waals surface area contributed by atoms with Crippen LogP contribution in [0.15, 0.2) is 24.3 Å². The van der Waals surface area contributed by atoms with Crippen LogP contribution in [0.1, 0.15) is 56.3 Å². The van der Waals surface area contributed by atoms with Crippen LogP contribution in [-0.2, 0) is 23.9 Å². The molecule has 1 N–H and O–H groups in total. The fourth-order valence-electron chi connectivity index (χ4n) is 2.65. The van der Waals surface area contributed by atoms with Gasteiger partial charge in [0.1, 0.15) is 0 Å². The number of hydroxylamine groups is 1. The Hall–Kier alpha value is -2.12. The number of halogens is 1. The highest BCUT2D eigenvalue weighted by atomic mass is 35.5. The summed E-state index contributed by atoms with van der Waals surface area (Å²) in [4.78, 5) is 41.2. The first-order valence-electron chi connectivity index (χ1n) is 8.87. The highest BCUT2D eigenvalue weighted by Crippen LogP contribution is 2.24. The highest BCUT2D eigenvalue weighted by molar-refractivity contribution is 6.30. The summed E-state index contributed by atoms with van der Waals surface area (Å²) in [5, 5.41) is 0.499. The minimum absolute atomic E-state index is 0.125. The maximum absolute atomic E-state index is 12.1. The molecule has 8 heteroatoms. The van der Waals surface area contributed by atoms with Crippen LogP contribution in [0.3, 0.4) is 0 Å². The van der Waals surface area contributed by atoms with E-state index in [0.717, 1.165) is 32.1 Å². The SMILES string of the molecule is CC(C)(ONC(=O)c1ccc(Cl)cc1)C(=O)OCOC(=O)C1CCCCC1. The summed E-state index contributed by atoms with van der Waals surface area (Å²) in [6.45, 7) is 2.38. The van der Waals surface area contributed by atoms with Gasteiger partial charge in [0.05, 0.1) is 5.92 Å². The molecule has 0 unspecified atom stereocenters. The molecule has 1 aliphatic carbocycles. The van der Waals surface area contributed by atoms with E-state index >= 15 is 0 Å². The van der Waals surface area contributed by atoms with Gasteiger partial charge in [-0.3, -0.25) is 14.4 Å². The van der Waals surface area contributed by atoms with Crippen LogP contribution in [0, 0.1) is 5.92 Å². The number of rotatable bonds is 7. The summed E-state index contributed by atoms with van der Waals surface area (Å²) >= 11 is 5.77. The minimum Gasteiger partial charge on any atom is -0.428 e. The summed E-state index contributed by atoms with van der Waals surface area (Å²) in [7, 11) is 0. The molecule has 1 aromatic carbocycles. The number of amides is 1. The number of carbonyl (C=O) groups excluding carboxylic acids is 3. The zero-order valence-corrected chi connectivity index (χ0v) is 16.2. The maximum atomic E-state index is 12.1. The molecule has 7 nitrogen and oxygen atoms in total. The van der Waals surface area contributed by atoms with Crippen molar-refractivity contribution in [1.29, 1.82) is 0 Å². The van der Waals surface area contributed by atoms with Crippen molar-refractivity contribution >= 4 is 29.4 Å². The number of benzene rings is 1. The van der Waals surface area contributed by atoms with Crippen molar-refractivity contribution in [2.45, 2.75) is 51.6 Å². The third kappa shape index (κ3) is 6.52. The number of nitrogens with one attached hydrogen (secondary N) is 1. The Balaban J connectivity index is 1.74. The second-order valence-electron chi connectivity index (χ2n) is 6.90. The minimum atomic E-state index is -1.46. The molecule has 27 heavy (non-hydrogen) atoms. The molecule has 0 bridgehead atoms. The average Bonchev–Trinajstić information content (AvgIpc) is 2.67. The molecule has 0 saturated heterocycles. The monoisotopic (exact) mass is 397 g/mol.